The van der Waals surface area contributed by atoms with Crippen LogP contribution >= 0.6 is 45.8 Å². The van der Waals surface area contributed by atoms with Crippen molar-refractivity contribution in [3.8, 4) is 0 Å². The van der Waals surface area contributed by atoms with E-state index in [2.05, 4.69) is 38.6 Å². The number of alkyl halides is 3. The molecule has 1 unspecified atom stereocenters. The fourth-order valence-corrected chi connectivity index (χ4v) is 4.20. The number of anilines is 1. The molecule has 0 aromatic heterocycles. The van der Waals surface area contributed by atoms with Crippen molar-refractivity contribution in [3.05, 3.63) is 61.1 Å². The number of amides is 1. The molecule has 1 aliphatic heterocycles. The number of halogens is 6. The molecule has 2 N–H and O–H groups in total. The molecule has 1 atom stereocenters. The molecule has 2 aromatic rings. The molecule has 0 saturated carbocycles. The summed E-state index contributed by atoms with van der Waals surface area (Å²) in [5, 5.41) is 3.88. The van der Waals surface area contributed by atoms with E-state index in [1.807, 2.05) is 13.8 Å². The molecule has 32 heavy (non-hydrogen) atoms. The molecule has 11 heteroatoms. The lowest BCUT2D eigenvalue weighted by atomic mass is 9.86. The lowest BCUT2D eigenvalue weighted by Gasteiger charge is -2.29. The van der Waals surface area contributed by atoms with Crippen molar-refractivity contribution in [1.29, 1.82) is 0 Å². The van der Waals surface area contributed by atoms with Crippen molar-refractivity contribution in [2.45, 2.75) is 38.5 Å². The van der Waals surface area contributed by atoms with Gasteiger partial charge in [-0.05, 0) is 58.8 Å². The third kappa shape index (κ3) is 5.43. The summed E-state index contributed by atoms with van der Waals surface area (Å²) in [7, 11) is 0. The zero-order valence-corrected chi connectivity index (χ0v) is 20.7. The van der Waals surface area contributed by atoms with Gasteiger partial charge >= 0.3 is 6.18 Å². The molecule has 0 spiro atoms. The standard InChI is InChI=1S/C21H19Cl2F3IN3O2/c1-11(2)5-19(31)29-28-17-6-12(3-4-16(17)27)18-10-20(32-30-18,21(24,25)26)13-7-14(22)9-15(23)8-13/h3-4,6-9,11,28H,5,10H2,1-2H3,(H,29,31). The summed E-state index contributed by atoms with van der Waals surface area (Å²) >= 11 is 13.9. The van der Waals surface area contributed by atoms with Crippen LogP contribution < -0.4 is 10.9 Å². The van der Waals surface area contributed by atoms with Gasteiger partial charge in [0.05, 0.1) is 11.4 Å². The van der Waals surface area contributed by atoms with Crippen LogP contribution in [-0.2, 0) is 15.2 Å². The average Bonchev–Trinajstić information content (AvgIpc) is 3.13. The summed E-state index contributed by atoms with van der Waals surface area (Å²) in [5.41, 5.74) is 3.52. The van der Waals surface area contributed by atoms with Crippen molar-refractivity contribution in [2.75, 3.05) is 5.43 Å². The van der Waals surface area contributed by atoms with Crippen LogP contribution in [0.5, 0.6) is 0 Å². The van der Waals surface area contributed by atoms with Crippen LogP contribution in [0.3, 0.4) is 0 Å². The van der Waals surface area contributed by atoms with Crippen molar-refractivity contribution in [3.63, 3.8) is 0 Å². The fraction of sp³-hybridized carbons (Fsp3) is 0.333. The quantitative estimate of drug-likeness (QED) is 0.288. The van der Waals surface area contributed by atoms with Gasteiger partial charge in [-0.2, -0.15) is 13.2 Å². The molecule has 0 aliphatic carbocycles. The average molecular weight is 600 g/mol. The first-order valence-electron chi connectivity index (χ1n) is 9.54. The first-order valence-corrected chi connectivity index (χ1v) is 11.4. The second-order valence-electron chi connectivity index (χ2n) is 7.75. The Bertz CT molecular complexity index is 1040. The van der Waals surface area contributed by atoms with Gasteiger partial charge in [-0.3, -0.25) is 15.6 Å². The Morgan fingerprint density at radius 1 is 1.22 bits per heavy atom. The molecule has 3 rings (SSSR count). The molecule has 1 aliphatic rings. The molecule has 1 amide bonds. The zero-order valence-electron chi connectivity index (χ0n) is 17.0. The first-order chi connectivity index (χ1) is 14.9. The second kappa shape index (κ2) is 9.64. The van der Waals surface area contributed by atoms with E-state index >= 15 is 0 Å². The third-order valence-corrected chi connectivity index (χ3v) is 6.12. The number of hydrazine groups is 1. The number of rotatable bonds is 6. The van der Waals surface area contributed by atoms with Gasteiger partial charge in [-0.15, -0.1) is 0 Å². The van der Waals surface area contributed by atoms with Gasteiger partial charge in [-0.1, -0.05) is 48.3 Å². The van der Waals surface area contributed by atoms with Crippen LogP contribution in [0.1, 0.15) is 37.8 Å². The second-order valence-corrected chi connectivity index (χ2v) is 9.79. The van der Waals surface area contributed by atoms with Gasteiger partial charge in [0.1, 0.15) is 0 Å². The number of nitrogens with zero attached hydrogens (tertiary/aromatic N) is 1. The molecule has 1 heterocycles. The van der Waals surface area contributed by atoms with Gasteiger partial charge < -0.3 is 4.84 Å². The lowest BCUT2D eigenvalue weighted by Crippen LogP contribution is -2.42. The maximum Gasteiger partial charge on any atom is 0.435 e. The molecule has 172 valence electrons. The normalized spacial score (nSPS) is 18.3. The number of nitrogens with one attached hydrogen (secondary N) is 2. The van der Waals surface area contributed by atoms with Crippen LogP contribution in [-0.4, -0.2) is 17.8 Å². The molecule has 0 radical (unpaired) electrons. The molecule has 5 nitrogen and oxygen atoms in total. The highest BCUT2D eigenvalue weighted by molar-refractivity contribution is 14.1. The van der Waals surface area contributed by atoms with Crippen LogP contribution in [0.15, 0.2) is 41.6 Å². The highest BCUT2D eigenvalue weighted by atomic mass is 127. The number of carbonyl (C=O) groups excluding carboxylic acids is 1. The molecule has 2 aromatic carbocycles. The minimum Gasteiger partial charge on any atom is -0.374 e. The number of benzene rings is 2. The van der Waals surface area contributed by atoms with Gasteiger partial charge in [-0.25, -0.2) is 0 Å². The fourth-order valence-electron chi connectivity index (χ4n) is 3.20. The minimum atomic E-state index is -4.78. The van der Waals surface area contributed by atoms with Gasteiger partial charge in [0.2, 0.25) is 5.91 Å². The molecular weight excluding hydrogens is 581 g/mol. The largest absolute Gasteiger partial charge is 0.435 e. The van der Waals surface area contributed by atoms with E-state index in [1.165, 1.54) is 18.2 Å². The summed E-state index contributed by atoms with van der Waals surface area (Å²) < 4.78 is 43.3. The number of hydrogen-bond donors (Lipinski definition) is 2. The zero-order chi connectivity index (χ0) is 23.7. The van der Waals surface area contributed by atoms with Crippen molar-refractivity contribution >= 4 is 63.1 Å². The van der Waals surface area contributed by atoms with E-state index in [0.717, 1.165) is 3.57 Å². The molecule has 0 bridgehead atoms. The Balaban J connectivity index is 1.87. The monoisotopic (exact) mass is 599 g/mol. The maximum absolute atomic E-state index is 14.2. The summed E-state index contributed by atoms with van der Waals surface area (Å²) in [5.74, 6) is -0.0145. The highest BCUT2D eigenvalue weighted by Crippen LogP contribution is 2.49. The van der Waals surface area contributed by atoms with Crippen LogP contribution in [0.2, 0.25) is 10.0 Å². The van der Waals surface area contributed by atoms with E-state index in [1.54, 1.807) is 18.2 Å². The predicted molar refractivity (Wildman–Crippen MR) is 127 cm³/mol. The molecule has 0 saturated heterocycles. The topological polar surface area (TPSA) is 62.7 Å². The summed E-state index contributed by atoms with van der Waals surface area (Å²) in [6, 6.07) is 8.64. The summed E-state index contributed by atoms with van der Waals surface area (Å²) in [6.45, 7) is 3.84. The van der Waals surface area contributed by atoms with Crippen LogP contribution in [0, 0.1) is 9.49 Å². The SMILES string of the molecule is CC(C)CC(=O)NNc1cc(C2=NOC(c3cc(Cl)cc(Cl)c3)(C(F)(F)F)C2)ccc1I. The van der Waals surface area contributed by atoms with Gasteiger partial charge in [0.15, 0.2) is 0 Å². The smallest absolute Gasteiger partial charge is 0.374 e. The van der Waals surface area contributed by atoms with E-state index in [0.29, 0.717) is 17.7 Å². The Labute approximate surface area is 206 Å². The van der Waals surface area contributed by atoms with E-state index in [4.69, 9.17) is 28.0 Å². The number of oxime groups is 1. The minimum absolute atomic E-state index is 0.0612. The summed E-state index contributed by atoms with van der Waals surface area (Å²) in [6.07, 6.45) is -5.01. The van der Waals surface area contributed by atoms with E-state index < -0.39 is 18.2 Å². The Hall–Kier alpha value is -1.72. The van der Waals surface area contributed by atoms with E-state index in [9.17, 15) is 18.0 Å². The van der Waals surface area contributed by atoms with Gasteiger partial charge in [0.25, 0.3) is 5.60 Å². The van der Waals surface area contributed by atoms with E-state index in [-0.39, 0.29) is 33.1 Å². The number of hydrogen-bond acceptors (Lipinski definition) is 4. The Kier molecular flexibility index (Phi) is 7.51. The molecule has 0 fully saturated rings. The Morgan fingerprint density at radius 3 is 2.47 bits per heavy atom. The Morgan fingerprint density at radius 2 is 1.88 bits per heavy atom. The van der Waals surface area contributed by atoms with Crippen LogP contribution in [0.25, 0.3) is 0 Å². The van der Waals surface area contributed by atoms with Crippen molar-refractivity contribution < 1.29 is 22.8 Å². The predicted octanol–water partition coefficient (Wildman–Crippen LogP) is 6.67. The van der Waals surface area contributed by atoms with Crippen molar-refractivity contribution in [2.24, 2.45) is 11.1 Å². The van der Waals surface area contributed by atoms with Crippen molar-refractivity contribution in [1.82, 2.24) is 5.43 Å². The number of carbonyl (C=O) groups is 1. The van der Waals surface area contributed by atoms with Crippen LogP contribution in [0.4, 0.5) is 18.9 Å². The first kappa shape index (κ1) is 24.9. The maximum atomic E-state index is 14.2. The highest BCUT2D eigenvalue weighted by Gasteiger charge is 2.62. The summed E-state index contributed by atoms with van der Waals surface area (Å²) in [4.78, 5) is 17.0. The van der Waals surface area contributed by atoms with Gasteiger partial charge in [0, 0.05) is 37.6 Å². The molecular formula is C21H19Cl2F3IN3O2. The third-order valence-electron chi connectivity index (χ3n) is 4.74. The lowest BCUT2D eigenvalue weighted by molar-refractivity contribution is -0.275.